The standard InChI is InChI=1S/C28H28Cl2N4O4/c29-20-4-8-23(24(30)18-20)27-10-6-22(38-27)7-11-28(35)33-16-14-31(15-17-33)21-5-9-25(34(36)37)26(19-21)32-12-2-1-3-13-32/h4-11,18-19H,1-3,12-17H2/b11-7+. The predicted octanol–water partition coefficient (Wildman–Crippen LogP) is 6.51. The van der Waals surface area contributed by atoms with Crippen LogP contribution in [0.3, 0.4) is 0 Å². The lowest BCUT2D eigenvalue weighted by atomic mass is 10.1. The van der Waals surface area contributed by atoms with Gasteiger partial charge in [-0.3, -0.25) is 14.9 Å². The SMILES string of the molecule is O=C(/C=C/c1ccc(-c2ccc(Cl)cc2Cl)o1)N1CCN(c2ccc([N+](=O)[O-])c(N3CCCCC3)c2)CC1. The van der Waals surface area contributed by atoms with E-state index in [-0.39, 0.29) is 16.5 Å². The summed E-state index contributed by atoms with van der Waals surface area (Å²) in [4.78, 5) is 30.3. The molecule has 2 aromatic carbocycles. The summed E-state index contributed by atoms with van der Waals surface area (Å²) in [5.74, 6) is 1.05. The van der Waals surface area contributed by atoms with Gasteiger partial charge in [0.2, 0.25) is 5.91 Å². The Balaban J connectivity index is 1.21. The van der Waals surface area contributed by atoms with Crippen LogP contribution in [0.4, 0.5) is 17.1 Å². The van der Waals surface area contributed by atoms with Gasteiger partial charge in [-0.2, -0.15) is 0 Å². The molecule has 0 N–H and O–H groups in total. The highest BCUT2D eigenvalue weighted by Crippen LogP contribution is 2.35. The second-order valence-corrected chi connectivity index (χ2v) is 10.3. The highest BCUT2D eigenvalue weighted by Gasteiger charge is 2.25. The van der Waals surface area contributed by atoms with Crippen molar-refractivity contribution < 1.29 is 14.1 Å². The maximum absolute atomic E-state index is 12.8. The zero-order chi connectivity index (χ0) is 26.6. The summed E-state index contributed by atoms with van der Waals surface area (Å²) in [5.41, 5.74) is 2.51. The zero-order valence-corrected chi connectivity index (χ0v) is 22.3. The number of benzene rings is 2. The lowest BCUT2D eigenvalue weighted by molar-refractivity contribution is -0.384. The summed E-state index contributed by atoms with van der Waals surface area (Å²) in [6.07, 6.45) is 6.42. The number of piperidine rings is 1. The molecule has 0 bridgehead atoms. The Morgan fingerprint density at radius 1 is 0.895 bits per heavy atom. The van der Waals surface area contributed by atoms with E-state index < -0.39 is 0 Å². The van der Waals surface area contributed by atoms with Crippen molar-refractivity contribution in [3.63, 3.8) is 0 Å². The minimum Gasteiger partial charge on any atom is -0.457 e. The smallest absolute Gasteiger partial charge is 0.292 e. The molecule has 1 aromatic heterocycles. The van der Waals surface area contributed by atoms with Gasteiger partial charge in [0.25, 0.3) is 5.69 Å². The van der Waals surface area contributed by atoms with Crippen molar-refractivity contribution in [1.29, 1.82) is 0 Å². The summed E-state index contributed by atoms with van der Waals surface area (Å²) in [6.45, 7) is 4.09. The van der Waals surface area contributed by atoms with Crippen LogP contribution in [-0.4, -0.2) is 55.0 Å². The third kappa shape index (κ3) is 5.81. The van der Waals surface area contributed by atoms with Gasteiger partial charge in [-0.05, 0) is 67.8 Å². The topological polar surface area (TPSA) is 83.1 Å². The summed E-state index contributed by atoms with van der Waals surface area (Å²) < 4.78 is 5.85. The third-order valence-electron chi connectivity index (χ3n) is 7.02. The second kappa shape index (κ2) is 11.5. The van der Waals surface area contributed by atoms with Crippen LogP contribution in [0.1, 0.15) is 25.0 Å². The van der Waals surface area contributed by atoms with Gasteiger partial charge in [-0.15, -0.1) is 0 Å². The molecule has 38 heavy (non-hydrogen) atoms. The molecule has 0 spiro atoms. The normalized spacial score (nSPS) is 16.3. The van der Waals surface area contributed by atoms with Gasteiger partial charge in [0.05, 0.1) is 9.95 Å². The molecule has 3 heterocycles. The maximum atomic E-state index is 12.8. The van der Waals surface area contributed by atoms with Crippen LogP contribution in [0.5, 0.6) is 0 Å². The molecule has 198 valence electrons. The molecule has 10 heteroatoms. The van der Waals surface area contributed by atoms with E-state index in [1.807, 2.05) is 12.1 Å². The monoisotopic (exact) mass is 554 g/mol. The van der Waals surface area contributed by atoms with E-state index in [0.717, 1.165) is 43.6 Å². The van der Waals surface area contributed by atoms with Gasteiger partial charge < -0.3 is 19.1 Å². The number of amides is 1. The van der Waals surface area contributed by atoms with Crippen LogP contribution < -0.4 is 9.80 Å². The molecule has 2 aliphatic heterocycles. The minimum absolute atomic E-state index is 0.0927. The first kappa shape index (κ1) is 26.1. The number of piperazine rings is 1. The fourth-order valence-corrected chi connectivity index (χ4v) is 5.47. The quantitative estimate of drug-likeness (QED) is 0.196. The Morgan fingerprint density at radius 3 is 2.37 bits per heavy atom. The van der Waals surface area contributed by atoms with E-state index in [4.69, 9.17) is 27.6 Å². The van der Waals surface area contributed by atoms with Crippen molar-refractivity contribution >= 4 is 52.2 Å². The first-order chi connectivity index (χ1) is 18.4. The number of rotatable bonds is 6. The van der Waals surface area contributed by atoms with Crippen molar-refractivity contribution in [3.8, 4) is 11.3 Å². The molecule has 2 saturated heterocycles. The Hall–Kier alpha value is -3.49. The van der Waals surface area contributed by atoms with Gasteiger partial charge in [-0.1, -0.05) is 23.2 Å². The van der Waals surface area contributed by atoms with Gasteiger partial charge >= 0.3 is 0 Å². The van der Waals surface area contributed by atoms with Crippen LogP contribution in [0, 0.1) is 10.1 Å². The van der Waals surface area contributed by atoms with Crippen molar-refractivity contribution in [2.45, 2.75) is 19.3 Å². The molecule has 0 radical (unpaired) electrons. The molecule has 0 unspecified atom stereocenters. The van der Waals surface area contributed by atoms with Crippen molar-refractivity contribution in [1.82, 2.24) is 4.90 Å². The number of carbonyl (C=O) groups is 1. The van der Waals surface area contributed by atoms with E-state index in [1.54, 1.807) is 47.4 Å². The van der Waals surface area contributed by atoms with Gasteiger partial charge in [-0.25, -0.2) is 0 Å². The van der Waals surface area contributed by atoms with Crippen LogP contribution >= 0.6 is 23.2 Å². The summed E-state index contributed by atoms with van der Waals surface area (Å²) in [7, 11) is 0. The lowest BCUT2D eigenvalue weighted by Gasteiger charge is -2.36. The fourth-order valence-electron chi connectivity index (χ4n) is 4.97. The molecule has 0 aliphatic carbocycles. The Morgan fingerprint density at radius 2 is 1.66 bits per heavy atom. The molecule has 2 fully saturated rings. The van der Waals surface area contributed by atoms with Crippen molar-refractivity contribution in [2.75, 3.05) is 49.1 Å². The fraction of sp³-hybridized carbons (Fsp3) is 0.321. The highest BCUT2D eigenvalue weighted by atomic mass is 35.5. The number of nitro groups is 1. The van der Waals surface area contributed by atoms with Gasteiger partial charge in [0.1, 0.15) is 17.2 Å². The van der Waals surface area contributed by atoms with Crippen LogP contribution in [-0.2, 0) is 4.79 Å². The molecule has 8 nitrogen and oxygen atoms in total. The van der Waals surface area contributed by atoms with E-state index in [1.165, 1.54) is 6.08 Å². The van der Waals surface area contributed by atoms with E-state index in [0.29, 0.717) is 53.4 Å². The number of nitrogens with zero attached hydrogens (tertiary/aromatic N) is 4. The first-order valence-electron chi connectivity index (χ1n) is 12.7. The zero-order valence-electron chi connectivity index (χ0n) is 20.8. The molecule has 0 atom stereocenters. The van der Waals surface area contributed by atoms with E-state index in [9.17, 15) is 14.9 Å². The molecule has 1 amide bonds. The third-order valence-corrected chi connectivity index (χ3v) is 7.57. The lowest BCUT2D eigenvalue weighted by Crippen LogP contribution is -2.48. The molecule has 5 rings (SSSR count). The van der Waals surface area contributed by atoms with Crippen LogP contribution in [0.15, 0.2) is 59.0 Å². The maximum Gasteiger partial charge on any atom is 0.292 e. The summed E-state index contributed by atoms with van der Waals surface area (Å²) in [5, 5.41) is 12.7. The van der Waals surface area contributed by atoms with Crippen molar-refractivity contribution in [2.24, 2.45) is 0 Å². The number of halogens is 2. The van der Waals surface area contributed by atoms with Crippen LogP contribution in [0.25, 0.3) is 17.4 Å². The molecule has 3 aromatic rings. The molecule has 2 aliphatic rings. The number of anilines is 2. The number of hydrogen-bond donors (Lipinski definition) is 0. The van der Waals surface area contributed by atoms with E-state index in [2.05, 4.69) is 9.80 Å². The average molecular weight is 555 g/mol. The second-order valence-electron chi connectivity index (χ2n) is 9.45. The number of hydrogen-bond acceptors (Lipinski definition) is 6. The first-order valence-corrected chi connectivity index (χ1v) is 13.5. The number of carbonyl (C=O) groups excluding carboxylic acids is 1. The molecular formula is C28H28Cl2N4O4. The van der Waals surface area contributed by atoms with Crippen molar-refractivity contribution in [3.05, 3.63) is 80.5 Å². The number of furan rings is 1. The van der Waals surface area contributed by atoms with Crippen LogP contribution in [0.2, 0.25) is 10.0 Å². The Bertz CT molecular complexity index is 1360. The predicted molar refractivity (Wildman–Crippen MR) is 151 cm³/mol. The average Bonchev–Trinajstić information content (AvgIpc) is 3.40. The highest BCUT2D eigenvalue weighted by molar-refractivity contribution is 6.36. The summed E-state index contributed by atoms with van der Waals surface area (Å²) in [6, 6.07) is 14.1. The number of nitro benzene ring substituents is 1. The molecular weight excluding hydrogens is 527 g/mol. The minimum atomic E-state index is -0.303. The van der Waals surface area contributed by atoms with Gasteiger partial charge in [0, 0.05) is 67.7 Å². The molecule has 0 saturated carbocycles. The largest absolute Gasteiger partial charge is 0.457 e. The Kier molecular flexibility index (Phi) is 7.90. The summed E-state index contributed by atoms with van der Waals surface area (Å²) >= 11 is 12.2. The van der Waals surface area contributed by atoms with Gasteiger partial charge in [0.15, 0.2) is 0 Å². The Labute approximate surface area is 231 Å². The van der Waals surface area contributed by atoms with E-state index >= 15 is 0 Å².